The van der Waals surface area contributed by atoms with Crippen LogP contribution in [0.1, 0.15) is 28.8 Å². The monoisotopic (exact) mass is 547 g/mol. The van der Waals surface area contributed by atoms with Gasteiger partial charge < -0.3 is 15.2 Å². The molecule has 0 bridgehead atoms. The van der Waals surface area contributed by atoms with Crippen LogP contribution in [0, 0.1) is 0 Å². The minimum absolute atomic E-state index is 0.235. The van der Waals surface area contributed by atoms with Gasteiger partial charge in [-0.15, -0.1) is 0 Å². The fourth-order valence-electron chi connectivity index (χ4n) is 4.19. The first-order valence-electron chi connectivity index (χ1n) is 12.3. The smallest absolute Gasteiger partial charge is 0.341 e. The van der Waals surface area contributed by atoms with E-state index in [0.29, 0.717) is 50.2 Å². The van der Waals surface area contributed by atoms with E-state index in [1.165, 1.54) is 5.56 Å². The molecule has 4 rings (SSSR count). The van der Waals surface area contributed by atoms with Crippen molar-refractivity contribution in [2.75, 3.05) is 13.2 Å². The number of ether oxygens (including phenoxy) is 1. The third-order valence-electron chi connectivity index (χ3n) is 5.98. The van der Waals surface area contributed by atoms with E-state index >= 15 is 0 Å². The van der Waals surface area contributed by atoms with E-state index in [2.05, 4.69) is 17.4 Å². The molecule has 0 atom stereocenters. The fraction of sp³-hybridized carbons (Fsp3) is 0.161. The van der Waals surface area contributed by atoms with Gasteiger partial charge in [-0.25, -0.2) is 4.79 Å². The van der Waals surface area contributed by atoms with Gasteiger partial charge in [0.15, 0.2) is 6.61 Å². The average Bonchev–Trinajstić information content (AvgIpc) is 2.91. The van der Waals surface area contributed by atoms with E-state index in [-0.39, 0.29) is 5.91 Å². The van der Waals surface area contributed by atoms with Crippen molar-refractivity contribution in [1.82, 2.24) is 5.32 Å². The van der Waals surface area contributed by atoms with Crippen LogP contribution in [-0.4, -0.2) is 30.1 Å². The lowest BCUT2D eigenvalue weighted by Crippen LogP contribution is -2.24. The van der Waals surface area contributed by atoms with E-state index in [0.717, 1.165) is 19.3 Å². The lowest BCUT2D eigenvalue weighted by atomic mass is 9.94. The van der Waals surface area contributed by atoms with Crippen LogP contribution in [0.3, 0.4) is 0 Å². The molecule has 1 amide bonds. The number of rotatable bonds is 11. The second kappa shape index (κ2) is 13.1. The summed E-state index contributed by atoms with van der Waals surface area (Å²) >= 11 is 12.5. The molecule has 2 N–H and O–H groups in total. The van der Waals surface area contributed by atoms with E-state index in [1.54, 1.807) is 48.5 Å². The predicted octanol–water partition coefficient (Wildman–Crippen LogP) is 7.54. The van der Waals surface area contributed by atoms with Crippen LogP contribution in [0.15, 0.2) is 91.0 Å². The predicted molar refractivity (Wildman–Crippen MR) is 152 cm³/mol. The molecule has 0 saturated carbocycles. The highest BCUT2D eigenvalue weighted by Crippen LogP contribution is 2.41. The molecule has 194 valence electrons. The number of carboxylic acid groups (broad SMARTS) is 1. The van der Waals surface area contributed by atoms with Gasteiger partial charge in [-0.2, -0.15) is 0 Å². The number of hydrogen-bond acceptors (Lipinski definition) is 3. The van der Waals surface area contributed by atoms with Gasteiger partial charge in [-0.3, -0.25) is 4.79 Å². The molecule has 0 unspecified atom stereocenters. The minimum atomic E-state index is -1.11. The van der Waals surface area contributed by atoms with E-state index < -0.39 is 12.6 Å². The zero-order valence-electron chi connectivity index (χ0n) is 20.6. The number of carbonyl (C=O) groups excluding carboxylic acids is 1. The Balaban J connectivity index is 1.65. The van der Waals surface area contributed by atoms with Gasteiger partial charge in [0.2, 0.25) is 0 Å². The summed E-state index contributed by atoms with van der Waals surface area (Å²) in [6, 6.07) is 27.9. The molecular weight excluding hydrogens is 521 g/mol. The first kappa shape index (κ1) is 27.2. The molecule has 0 aromatic heterocycles. The molecule has 5 nitrogen and oxygen atoms in total. The Kier molecular flexibility index (Phi) is 9.41. The van der Waals surface area contributed by atoms with E-state index in [1.807, 2.05) is 30.3 Å². The van der Waals surface area contributed by atoms with Crippen LogP contribution in [0.4, 0.5) is 0 Å². The Hall–Kier alpha value is -3.80. The van der Waals surface area contributed by atoms with Crippen molar-refractivity contribution in [2.45, 2.75) is 19.3 Å². The number of hydrogen-bond donors (Lipinski definition) is 2. The summed E-state index contributed by atoms with van der Waals surface area (Å²) in [4.78, 5) is 24.6. The Morgan fingerprint density at radius 2 is 1.37 bits per heavy atom. The van der Waals surface area contributed by atoms with Crippen molar-refractivity contribution in [3.63, 3.8) is 0 Å². The van der Waals surface area contributed by atoms with Crippen LogP contribution >= 0.6 is 23.2 Å². The van der Waals surface area contributed by atoms with Crippen LogP contribution in [0.5, 0.6) is 5.75 Å². The van der Waals surface area contributed by atoms with Crippen molar-refractivity contribution in [3.05, 3.63) is 112 Å². The molecule has 38 heavy (non-hydrogen) atoms. The number of unbranched alkanes of at least 4 members (excludes halogenated alkanes) is 1. The van der Waals surface area contributed by atoms with E-state index in [4.69, 9.17) is 27.9 Å². The quantitative estimate of drug-likeness (QED) is 0.190. The highest BCUT2D eigenvalue weighted by molar-refractivity contribution is 6.31. The Morgan fingerprint density at radius 1 is 0.763 bits per heavy atom. The lowest BCUT2D eigenvalue weighted by molar-refractivity contribution is -0.139. The molecule has 0 aliphatic carbocycles. The molecular formula is C31H27Cl2NO4. The second-order valence-corrected chi connectivity index (χ2v) is 9.68. The first-order valence-corrected chi connectivity index (χ1v) is 13.0. The van der Waals surface area contributed by atoms with Crippen molar-refractivity contribution in [1.29, 1.82) is 0 Å². The van der Waals surface area contributed by atoms with Crippen LogP contribution < -0.4 is 10.1 Å². The number of halogens is 2. The van der Waals surface area contributed by atoms with Crippen molar-refractivity contribution < 1.29 is 19.4 Å². The molecule has 4 aromatic rings. The molecule has 0 spiro atoms. The molecule has 0 saturated heterocycles. The molecule has 0 radical (unpaired) electrons. The molecule has 4 aromatic carbocycles. The molecule has 0 heterocycles. The number of nitrogens with one attached hydrogen (secondary N) is 1. The minimum Gasteiger partial charge on any atom is -0.481 e. The number of benzene rings is 4. The van der Waals surface area contributed by atoms with Crippen molar-refractivity contribution in [2.24, 2.45) is 0 Å². The highest BCUT2D eigenvalue weighted by Gasteiger charge is 2.20. The fourth-order valence-corrected chi connectivity index (χ4v) is 4.57. The van der Waals surface area contributed by atoms with Gasteiger partial charge in [-0.1, -0.05) is 77.8 Å². The molecule has 0 aliphatic rings. The Labute approximate surface area is 232 Å². The maximum Gasteiger partial charge on any atom is 0.341 e. The molecule has 0 fully saturated rings. The zero-order valence-corrected chi connectivity index (χ0v) is 22.1. The van der Waals surface area contributed by atoms with Gasteiger partial charge in [0.05, 0.1) is 0 Å². The second-order valence-electron chi connectivity index (χ2n) is 8.80. The SMILES string of the molecule is O=C(O)COc1c(-c2cccc(Cl)c2)cc(C(=O)NCCCCc2ccccc2)cc1-c1cccc(Cl)c1. The largest absolute Gasteiger partial charge is 0.481 e. The van der Waals surface area contributed by atoms with Crippen molar-refractivity contribution >= 4 is 35.1 Å². The molecule has 0 aliphatic heterocycles. The summed E-state index contributed by atoms with van der Waals surface area (Å²) in [5, 5.41) is 13.3. The van der Waals surface area contributed by atoms with Gasteiger partial charge in [0.25, 0.3) is 5.91 Å². The lowest BCUT2D eigenvalue weighted by Gasteiger charge is -2.18. The van der Waals surface area contributed by atoms with Crippen LogP contribution in [-0.2, 0) is 11.2 Å². The van der Waals surface area contributed by atoms with Crippen LogP contribution in [0.2, 0.25) is 10.0 Å². The summed E-state index contributed by atoms with van der Waals surface area (Å²) < 4.78 is 5.79. The summed E-state index contributed by atoms with van der Waals surface area (Å²) in [7, 11) is 0. The van der Waals surface area contributed by atoms with Crippen LogP contribution in [0.25, 0.3) is 22.3 Å². The van der Waals surface area contributed by atoms with Gasteiger partial charge in [0.1, 0.15) is 5.75 Å². The molecule has 7 heteroatoms. The maximum absolute atomic E-state index is 13.3. The first-order chi connectivity index (χ1) is 18.4. The number of carbonyl (C=O) groups is 2. The summed E-state index contributed by atoms with van der Waals surface area (Å²) in [5.41, 5.74) is 4.19. The van der Waals surface area contributed by atoms with Gasteiger partial charge >= 0.3 is 5.97 Å². The third kappa shape index (κ3) is 7.37. The van der Waals surface area contributed by atoms with Gasteiger partial charge in [-0.05, 0) is 72.4 Å². The number of carboxylic acids is 1. The number of aryl methyl sites for hydroxylation is 1. The van der Waals surface area contributed by atoms with E-state index in [9.17, 15) is 14.7 Å². The number of aliphatic carboxylic acids is 1. The summed E-state index contributed by atoms with van der Waals surface area (Å²) in [6.07, 6.45) is 2.74. The normalized spacial score (nSPS) is 10.7. The Bertz CT molecular complexity index is 1360. The van der Waals surface area contributed by atoms with Crippen molar-refractivity contribution in [3.8, 4) is 28.0 Å². The number of amides is 1. The standard InChI is InChI=1S/C31H27Cl2NO4/c32-25-13-6-11-22(16-25)27-18-24(31(37)34-15-5-4-10-21-8-2-1-3-9-21)19-28(30(27)38-20-29(35)36)23-12-7-14-26(33)17-23/h1-3,6-9,11-14,16-19H,4-5,10,15,20H2,(H,34,37)(H,35,36). The van der Waals surface area contributed by atoms with Gasteiger partial charge in [0, 0.05) is 33.3 Å². The summed E-state index contributed by atoms with van der Waals surface area (Å²) in [5.74, 6) is -1.02. The maximum atomic E-state index is 13.3. The zero-order chi connectivity index (χ0) is 26.9. The topological polar surface area (TPSA) is 75.6 Å². The summed E-state index contributed by atoms with van der Waals surface area (Å²) in [6.45, 7) is -0.0178. The Morgan fingerprint density at radius 3 is 1.92 bits per heavy atom. The average molecular weight is 548 g/mol. The highest BCUT2D eigenvalue weighted by atomic mass is 35.5. The third-order valence-corrected chi connectivity index (χ3v) is 6.45.